The highest BCUT2D eigenvalue weighted by Gasteiger charge is 2.30. The molecule has 8 heteroatoms. The minimum atomic E-state index is -3.66. The molecular weight excluding hydrogens is 446 g/mol. The quantitative estimate of drug-likeness (QED) is 0.553. The average Bonchev–Trinajstić information content (AvgIpc) is 2.74. The third kappa shape index (κ3) is 6.32. The van der Waals surface area contributed by atoms with Crippen LogP contribution in [-0.4, -0.2) is 33.5 Å². The lowest BCUT2D eigenvalue weighted by Gasteiger charge is -2.33. The van der Waals surface area contributed by atoms with Crippen molar-refractivity contribution in [1.29, 1.82) is 0 Å². The molecule has 1 unspecified atom stereocenters. The number of nitrogens with one attached hydrogen (secondary N) is 3. The Morgan fingerprint density at radius 2 is 1.69 bits per heavy atom. The van der Waals surface area contributed by atoms with E-state index in [2.05, 4.69) is 29.2 Å². The smallest absolute Gasteiger partial charge is 0.255 e. The minimum Gasteiger partial charge on any atom is -0.322 e. The summed E-state index contributed by atoms with van der Waals surface area (Å²) >= 11 is 0. The molecule has 32 heavy (non-hydrogen) atoms. The number of hydrogen-bond acceptors (Lipinski definition) is 4. The van der Waals surface area contributed by atoms with E-state index in [1.165, 1.54) is 0 Å². The van der Waals surface area contributed by atoms with Crippen LogP contribution in [-0.2, 0) is 10.0 Å². The lowest BCUT2D eigenvalue weighted by Crippen LogP contribution is -2.47. The standard InChI is InChI=1S/C24H33N3O3S.ClH/c1-16(2)23(19-11-13-25-14-12-19)27-31(29,30)20-9-10-22(18(4)15-20)26-24(28)21-8-6-5-7-17(21)3;/h5-10,15-16,19,23,25,27H,11-14H2,1-4H3,(H,26,28);1H. The fraction of sp³-hybridized carbons (Fsp3) is 0.458. The van der Waals surface area contributed by atoms with Crippen LogP contribution in [0.4, 0.5) is 5.69 Å². The Bertz CT molecular complexity index is 1030. The number of hydrogen-bond donors (Lipinski definition) is 3. The van der Waals surface area contributed by atoms with E-state index in [0.717, 1.165) is 31.5 Å². The monoisotopic (exact) mass is 479 g/mol. The van der Waals surface area contributed by atoms with Crippen molar-refractivity contribution in [1.82, 2.24) is 10.0 Å². The van der Waals surface area contributed by atoms with E-state index in [1.807, 2.05) is 25.1 Å². The molecule has 0 saturated carbocycles. The Balaban J connectivity index is 0.00000363. The fourth-order valence-electron chi connectivity index (χ4n) is 4.19. The summed E-state index contributed by atoms with van der Waals surface area (Å²) in [5.41, 5.74) is 2.79. The number of amides is 1. The Hall–Kier alpha value is -1.93. The predicted molar refractivity (Wildman–Crippen MR) is 132 cm³/mol. The number of carbonyl (C=O) groups excluding carboxylic acids is 1. The molecule has 176 valence electrons. The lowest BCUT2D eigenvalue weighted by atomic mass is 9.85. The molecule has 0 aromatic heterocycles. The van der Waals surface area contributed by atoms with Crippen LogP contribution in [0.2, 0.25) is 0 Å². The zero-order valence-corrected chi connectivity index (χ0v) is 20.8. The minimum absolute atomic E-state index is 0. The third-order valence-electron chi connectivity index (χ3n) is 6.05. The third-order valence-corrected chi connectivity index (χ3v) is 7.50. The molecule has 0 aliphatic carbocycles. The number of benzene rings is 2. The van der Waals surface area contributed by atoms with E-state index in [0.29, 0.717) is 22.7 Å². The molecule has 0 bridgehead atoms. The van der Waals surface area contributed by atoms with Gasteiger partial charge in [0.25, 0.3) is 5.91 Å². The van der Waals surface area contributed by atoms with Crippen LogP contribution in [0.25, 0.3) is 0 Å². The number of aryl methyl sites for hydroxylation is 2. The van der Waals surface area contributed by atoms with Crippen molar-refractivity contribution in [3.8, 4) is 0 Å². The van der Waals surface area contributed by atoms with Crippen LogP contribution in [0, 0.1) is 25.7 Å². The van der Waals surface area contributed by atoms with Gasteiger partial charge in [0.2, 0.25) is 10.0 Å². The van der Waals surface area contributed by atoms with Crippen molar-refractivity contribution in [3.05, 3.63) is 59.2 Å². The van der Waals surface area contributed by atoms with Gasteiger partial charge in [0.15, 0.2) is 0 Å². The number of carbonyl (C=O) groups is 1. The van der Waals surface area contributed by atoms with Gasteiger partial charge >= 0.3 is 0 Å². The lowest BCUT2D eigenvalue weighted by molar-refractivity contribution is 0.102. The van der Waals surface area contributed by atoms with Crippen molar-refractivity contribution in [3.63, 3.8) is 0 Å². The Labute approximate surface area is 198 Å². The molecule has 3 rings (SSSR count). The first-order valence-electron chi connectivity index (χ1n) is 10.9. The summed E-state index contributed by atoms with van der Waals surface area (Å²) in [7, 11) is -3.66. The number of sulfonamides is 1. The van der Waals surface area contributed by atoms with E-state index in [-0.39, 0.29) is 35.2 Å². The van der Waals surface area contributed by atoms with Crippen LogP contribution in [0.15, 0.2) is 47.4 Å². The van der Waals surface area contributed by atoms with Crippen molar-refractivity contribution in [2.45, 2.75) is 51.5 Å². The Kier molecular flexibility index (Phi) is 9.28. The second-order valence-corrected chi connectivity index (χ2v) is 10.4. The van der Waals surface area contributed by atoms with Crippen LogP contribution in [0.5, 0.6) is 0 Å². The summed E-state index contributed by atoms with van der Waals surface area (Å²) in [6.07, 6.45) is 1.93. The van der Waals surface area contributed by atoms with E-state index in [4.69, 9.17) is 0 Å². The van der Waals surface area contributed by atoms with Crippen molar-refractivity contribution >= 4 is 34.0 Å². The molecular formula is C24H34ClN3O3S. The molecule has 1 amide bonds. The van der Waals surface area contributed by atoms with Crippen LogP contribution >= 0.6 is 12.4 Å². The first-order valence-corrected chi connectivity index (χ1v) is 12.4. The van der Waals surface area contributed by atoms with Gasteiger partial charge in [-0.1, -0.05) is 32.0 Å². The van der Waals surface area contributed by atoms with Crippen LogP contribution in [0.3, 0.4) is 0 Å². The van der Waals surface area contributed by atoms with Crippen molar-refractivity contribution in [2.24, 2.45) is 11.8 Å². The molecule has 3 N–H and O–H groups in total. The maximum atomic E-state index is 13.1. The maximum absolute atomic E-state index is 13.1. The van der Waals surface area contributed by atoms with Gasteiger partial charge in [-0.15, -0.1) is 12.4 Å². The van der Waals surface area contributed by atoms with Crippen LogP contribution < -0.4 is 15.4 Å². The molecule has 1 aliphatic heterocycles. The molecule has 1 fully saturated rings. The molecule has 1 aliphatic rings. The molecule has 0 spiro atoms. The highest BCUT2D eigenvalue weighted by atomic mass is 35.5. The summed E-state index contributed by atoms with van der Waals surface area (Å²) in [4.78, 5) is 12.8. The largest absolute Gasteiger partial charge is 0.322 e. The number of piperidine rings is 1. The van der Waals surface area contributed by atoms with E-state index in [1.54, 1.807) is 31.2 Å². The summed E-state index contributed by atoms with van der Waals surface area (Å²) in [6.45, 7) is 9.65. The zero-order chi connectivity index (χ0) is 22.6. The normalized spacial score (nSPS) is 15.8. The number of anilines is 1. The highest BCUT2D eigenvalue weighted by Crippen LogP contribution is 2.26. The Morgan fingerprint density at radius 3 is 2.28 bits per heavy atom. The molecule has 1 atom stereocenters. The van der Waals surface area contributed by atoms with E-state index >= 15 is 0 Å². The highest BCUT2D eigenvalue weighted by molar-refractivity contribution is 7.89. The van der Waals surface area contributed by atoms with Gasteiger partial charge in [-0.25, -0.2) is 13.1 Å². The van der Waals surface area contributed by atoms with Gasteiger partial charge in [-0.2, -0.15) is 0 Å². The molecule has 1 heterocycles. The molecule has 2 aromatic rings. The van der Waals surface area contributed by atoms with Crippen molar-refractivity contribution < 1.29 is 13.2 Å². The first-order chi connectivity index (χ1) is 14.7. The van der Waals surface area contributed by atoms with Gasteiger partial charge in [0.1, 0.15) is 0 Å². The fourth-order valence-corrected chi connectivity index (χ4v) is 5.73. The van der Waals surface area contributed by atoms with E-state index in [9.17, 15) is 13.2 Å². The maximum Gasteiger partial charge on any atom is 0.255 e. The second-order valence-electron chi connectivity index (χ2n) is 8.72. The molecule has 1 saturated heterocycles. The number of halogens is 1. The molecule has 0 radical (unpaired) electrons. The topological polar surface area (TPSA) is 87.3 Å². The van der Waals surface area contributed by atoms with E-state index < -0.39 is 10.0 Å². The average molecular weight is 480 g/mol. The first kappa shape index (κ1) is 26.3. The van der Waals surface area contributed by atoms with Crippen LogP contribution in [0.1, 0.15) is 48.2 Å². The zero-order valence-electron chi connectivity index (χ0n) is 19.1. The molecule has 6 nitrogen and oxygen atoms in total. The van der Waals surface area contributed by atoms with Gasteiger partial charge < -0.3 is 10.6 Å². The molecule has 2 aromatic carbocycles. The number of rotatable bonds is 7. The van der Waals surface area contributed by atoms with Crippen molar-refractivity contribution in [2.75, 3.05) is 18.4 Å². The van der Waals surface area contributed by atoms with Gasteiger partial charge in [-0.05, 0) is 87.0 Å². The summed E-state index contributed by atoms with van der Waals surface area (Å²) in [6, 6.07) is 12.1. The summed E-state index contributed by atoms with van der Waals surface area (Å²) in [5, 5.41) is 6.23. The SMILES string of the molecule is Cc1cc(S(=O)(=O)NC(C(C)C)C2CCNCC2)ccc1NC(=O)c1ccccc1C.Cl. The predicted octanol–water partition coefficient (Wildman–Crippen LogP) is 4.28. The van der Waals surface area contributed by atoms with Gasteiger partial charge in [-0.3, -0.25) is 4.79 Å². The van der Waals surface area contributed by atoms with Gasteiger partial charge in [0, 0.05) is 17.3 Å². The second kappa shape index (κ2) is 11.3. The van der Waals surface area contributed by atoms with Gasteiger partial charge in [0.05, 0.1) is 4.90 Å². The Morgan fingerprint density at radius 1 is 1.03 bits per heavy atom. The summed E-state index contributed by atoms with van der Waals surface area (Å²) in [5.74, 6) is 0.317. The summed E-state index contributed by atoms with van der Waals surface area (Å²) < 4.78 is 29.2.